The monoisotopic (exact) mass is 434 g/mol. The zero-order valence-corrected chi connectivity index (χ0v) is 19.0. The third kappa shape index (κ3) is 5.96. The third-order valence-electron chi connectivity index (χ3n) is 6.55. The minimum atomic E-state index is -0.0355. The lowest BCUT2D eigenvalue weighted by Gasteiger charge is -2.34. The van der Waals surface area contributed by atoms with E-state index in [1.807, 2.05) is 30.0 Å². The van der Waals surface area contributed by atoms with Gasteiger partial charge in [0.1, 0.15) is 0 Å². The smallest absolute Gasteiger partial charge is 0.236 e. The van der Waals surface area contributed by atoms with E-state index >= 15 is 0 Å². The van der Waals surface area contributed by atoms with Crippen LogP contribution < -0.4 is 5.32 Å². The summed E-state index contributed by atoms with van der Waals surface area (Å²) >= 11 is 0. The van der Waals surface area contributed by atoms with Gasteiger partial charge in [-0.05, 0) is 36.5 Å². The molecule has 1 unspecified atom stereocenters. The quantitative estimate of drug-likeness (QED) is 0.728. The molecule has 2 amide bonds. The largest absolute Gasteiger partial charge is 0.348 e. The molecule has 2 aromatic carbocycles. The summed E-state index contributed by atoms with van der Waals surface area (Å²) in [7, 11) is 0. The van der Waals surface area contributed by atoms with E-state index < -0.39 is 0 Å². The van der Waals surface area contributed by atoms with Gasteiger partial charge >= 0.3 is 0 Å². The molecule has 2 aliphatic rings. The maximum Gasteiger partial charge on any atom is 0.236 e. The van der Waals surface area contributed by atoms with Gasteiger partial charge in [0, 0.05) is 39.3 Å². The van der Waals surface area contributed by atoms with E-state index in [1.54, 1.807) is 0 Å². The normalized spacial score (nSPS) is 18.5. The molecule has 4 rings (SSSR count). The van der Waals surface area contributed by atoms with Crippen LogP contribution in [-0.2, 0) is 9.59 Å². The Morgan fingerprint density at radius 1 is 0.781 bits per heavy atom. The standard InChI is InChI=1S/C26H34N4O2/c1-21(22-9-11-24(12-10-22)23-7-3-2-4-8-23)27-25(31)19-28-15-17-29(18-16-28)20-26(32)30-13-5-6-14-30/h2-4,7-12,21H,5-6,13-20H2,1H3,(H,27,31). The van der Waals surface area contributed by atoms with Crippen LogP contribution in [0.4, 0.5) is 0 Å². The molecule has 6 nitrogen and oxygen atoms in total. The summed E-state index contributed by atoms with van der Waals surface area (Å²) in [5, 5.41) is 3.13. The van der Waals surface area contributed by atoms with Crippen LogP contribution in [0.15, 0.2) is 54.6 Å². The van der Waals surface area contributed by atoms with E-state index in [4.69, 9.17) is 0 Å². The molecule has 1 N–H and O–H groups in total. The third-order valence-corrected chi connectivity index (χ3v) is 6.55. The molecule has 6 heteroatoms. The topological polar surface area (TPSA) is 55.9 Å². The number of likely N-dealkylation sites (tertiary alicyclic amines) is 1. The first-order valence-electron chi connectivity index (χ1n) is 11.8. The highest BCUT2D eigenvalue weighted by Crippen LogP contribution is 2.21. The van der Waals surface area contributed by atoms with Crippen molar-refractivity contribution in [2.24, 2.45) is 0 Å². The van der Waals surface area contributed by atoms with Crippen LogP contribution in [0.25, 0.3) is 11.1 Å². The molecule has 2 aliphatic heterocycles. The van der Waals surface area contributed by atoms with Gasteiger partial charge in [-0.25, -0.2) is 0 Å². The molecule has 2 fully saturated rings. The molecule has 2 heterocycles. The molecule has 0 spiro atoms. The van der Waals surface area contributed by atoms with E-state index in [-0.39, 0.29) is 17.9 Å². The summed E-state index contributed by atoms with van der Waals surface area (Å²) in [6.45, 7) is 8.07. The number of carbonyl (C=O) groups is 2. The molecule has 170 valence electrons. The molecule has 2 saturated heterocycles. The SMILES string of the molecule is CC(NC(=O)CN1CCN(CC(=O)N2CCCC2)CC1)c1ccc(-c2ccccc2)cc1. The summed E-state index contributed by atoms with van der Waals surface area (Å²) in [4.78, 5) is 31.3. The van der Waals surface area contributed by atoms with Crippen molar-refractivity contribution in [3.8, 4) is 11.1 Å². The summed E-state index contributed by atoms with van der Waals surface area (Å²) < 4.78 is 0. The highest BCUT2D eigenvalue weighted by Gasteiger charge is 2.24. The van der Waals surface area contributed by atoms with Gasteiger partial charge in [0.05, 0.1) is 19.1 Å². The Hall–Kier alpha value is -2.70. The van der Waals surface area contributed by atoms with E-state index in [2.05, 4.69) is 51.5 Å². The molecule has 32 heavy (non-hydrogen) atoms. The Kier molecular flexibility index (Phi) is 7.55. The number of nitrogens with zero attached hydrogens (tertiary/aromatic N) is 3. The zero-order chi connectivity index (χ0) is 22.3. The molecular weight excluding hydrogens is 400 g/mol. The van der Waals surface area contributed by atoms with Crippen LogP contribution >= 0.6 is 0 Å². The van der Waals surface area contributed by atoms with Crippen LogP contribution in [0.1, 0.15) is 31.4 Å². The highest BCUT2D eigenvalue weighted by atomic mass is 16.2. The lowest BCUT2D eigenvalue weighted by atomic mass is 10.0. The fourth-order valence-corrected chi connectivity index (χ4v) is 4.53. The van der Waals surface area contributed by atoms with Crippen molar-refractivity contribution < 1.29 is 9.59 Å². The second-order valence-electron chi connectivity index (χ2n) is 8.92. The van der Waals surface area contributed by atoms with Gasteiger partial charge in [-0.2, -0.15) is 0 Å². The second-order valence-corrected chi connectivity index (χ2v) is 8.92. The van der Waals surface area contributed by atoms with Crippen molar-refractivity contribution in [1.82, 2.24) is 20.0 Å². The van der Waals surface area contributed by atoms with Crippen LogP contribution in [0.3, 0.4) is 0 Å². The first kappa shape index (κ1) is 22.5. The summed E-state index contributed by atoms with van der Waals surface area (Å²) in [5.74, 6) is 0.298. The van der Waals surface area contributed by atoms with Gasteiger partial charge in [0.2, 0.25) is 11.8 Å². The van der Waals surface area contributed by atoms with Crippen molar-refractivity contribution in [1.29, 1.82) is 0 Å². The number of rotatable bonds is 7. The van der Waals surface area contributed by atoms with Crippen LogP contribution in [0.2, 0.25) is 0 Å². The maximum atomic E-state index is 12.6. The van der Waals surface area contributed by atoms with Gasteiger partial charge in [-0.1, -0.05) is 54.6 Å². The Morgan fingerprint density at radius 2 is 1.34 bits per heavy atom. The average molecular weight is 435 g/mol. The minimum Gasteiger partial charge on any atom is -0.348 e. The summed E-state index contributed by atoms with van der Waals surface area (Å²) in [5.41, 5.74) is 3.47. The first-order chi connectivity index (χ1) is 15.6. The van der Waals surface area contributed by atoms with Crippen LogP contribution in [0.5, 0.6) is 0 Å². The van der Waals surface area contributed by atoms with Gasteiger partial charge in [0.25, 0.3) is 0 Å². The predicted molar refractivity (Wildman–Crippen MR) is 127 cm³/mol. The lowest BCUT2D eigenvalue weighted by molar-refractivity contribution is -0.132. The Morgan fingerprint density at radius 3 is 1.97 bits per heavy atom. The fraction of sp³-hybridized carbons (Fsp3) is 0.462. The lowest BCUT2D eigenvalue weighted by Crippen LogP contribution is -2.51. The van der Waals surface area contributed by atoms with E-state index in [0.29, 0.717) is 13.1 Å². The highest BCUT2D eigenvalue weighted by molar-refractivity contribution is 5.79. The molecule has 0 aliphatic carbocycles. The molecule has 0 bridgehead atoms. The van der Waals surface area contributed by atoms with E-state index in [9.17, 15) is 9.59 Å². The number of hydrogen-bond donors (Lipinski definition) is 1. The Labute approximate surface area is 191 Å². The Balaban J connectivity index is 1.20. The molecule has 0 saturated carbocycles. The van der Waals surface area contributed by atoms with E-state index in [0.717, 1.165) is 57.7 Å². The second kappa shape index (κ2) is 10.7. The number of nitrogens with one attached hydrogen (secondary N) is 1. The molecular formula is C26H34N4O2. The first-order valence-corrected chi connectivity index (χ1v) is 11.8. The summed E-state index contributed by atoms with van der Waals surface area (Å²) in [6.07, 6.45) is 2.26. The van der Waals surface area contributed by atoms with Crippen molar-refractivity contribution in [3.63, 3.8) is 0 Å². The predicted octanol–water partition coefficient (Wildman–Crippen LogP) is 2.77. The van der Waals surface area contributed by atoms with Crippen molar-refractivity contribution in [2.45, 2.75) is 25.8 Å². The fourth-order valence-electron chi connectivity index (χ4n) is 4.53. The minimum absolute atomic E-state index is 0.0355. The average Bonchev–Trinajstić information content (AvgIpc) is 3.36. The zero-order valence-electron chi connectivity index (χ0n) is 19.0. The number of carbonyl (C=O) groups excluding carboxylic acids is 2. The van der Waals surface area contributed by atoms with Gasteiger partial charge < -0.3 is 10.2 Å². The number of benzene rings is 2. The number of hydrogen-bond acceptors (Lipinski definition) is 4. The molecule has 0 aromatic heterocycles. The number of amides is 2. The van der Waals surface area contributed by atoms with Crippen LogP contribution in [-0.4, -0.2) is 78.9 Å². The van der Waals surface area contributed by atoms with E-state index in [1.165, 1.54) is 11.1 Å². The number of piperazine rings is 1. The van der Waals surface area contributed by atoms with Gasteiger partial charge in [0.15, 0.2) is 0 Å². The van der Waals surface area contributed by atoms with Crippen molar-refractivity contribution in [3.05, 3.63) is 60.2 Å². The molecule has 1 atom stereocenters. The molecule has 2 aromatic rings. The Bertz CT molecular complexity index is 886. The van der Waals surface area contributed by atoms with Crippen molar-refractivity contribution >= 4 is 11.8 Å². The van der Waals surface area contributed by atoms with Crippen molar-refractivity contribution in [2.75, 3.05) is 52.4 Å². The summed E-state index contributed by atoms with van der Waals surface area (Å²) in [6, 6.07) is 18.6. The van der Waals surface area contributed by atoms with Gasteiger partial charge in [-0.15, -0.1) is 0 Å². The maximum absolute atomic E-state index is 12.6. The van der Waals surface area contributed by atoms with Crippen LogP contribution in [0, 0.1) is 0 Å². The molecule has 0 radical (unpaired) electrons. The van der Waals surface area contributed by atoms with Gasteiger partial charge in [-0.3, -0.25) is 19.4 Å².